The zero-order valence-corrected chi connectivity index (χ0v) is 15.7. The highest BCUT2D eigenvalue weighted by molar-refractivity contribution is 5.92. The van der Waals surface area contributed by atoms with Crippen LogP contribution in [0.15, 0.2) is 30.3 Å². The van der Waals surface area contributed by atoms with E-state index in [0.717, 1.165) is 44.2 Å². The molecule has 2 saturated heterocycles. The minimum absolute atomic E-state index is 0.000768. The third-order valence-electron chi connectivity index (χ3n) is 6.14. The Kier molecular flexibility index (Phi) is 5.45. The van der Waals surface area contributed by atoms with Crippen LogP contribution in [0.2, 0.25) is 0 Å². The first-order chi connectivity index (χ1) is 13.2. The van der Waals surface area contributed by atoms with E-state index >= 15 is 0 Å². The maximum atomic E-state index is 12.9. The van der Waals surface area contributed by atoms with Crippen LogP contribution in [-0.2, 0) is 19.1 Å². The summed E-state index contributed by atoms with van der Waals surface area (Å²) < 4.78 is 11.5. The number of ether oxygens (including phenoxy) is 2. The maximum Gasteiger partial charge on any atom is 0.227 e. The predicted octanol–water partition coefficient (Wildman–Crippen LogP) is 2.80. The molecule has 0 aromatic heterocycles. The van der Waals surface area contributed by atoms with Crippen molar-refractivity contribution in [1.82, 2.24) is 4.90 Å². The van der Waals surface area contributed by atoms with Gasteiger partial charge in [0.2, 0.25) is 11.8 Å². The fraction of sp³-hybridized carbons (Fsp3) is 0.619. The number of carbonyl (C=O) groups excluding carboxylic acids is 2. The summed E-state index contributed by atoms with van der Waals surface area (Å²) in [5.74, 6) is -0.0824. The lowest BCUT2D eigenvalue weighted by Crippen LogP contribution is -2.49. The van der Waals surface area contributed by atoms with E-state index in [9.17, 15) is 9.59 Å². The third-order valence-corrected chi connectivity index (χ3v) is 6.14. The summed E-state index contributed by atoms with van der Waals surface area (Å²) in [4.78, 5) is 27.3. The summed E-state index contributed by atoms with van der Waals surface area (Å²) in [5, 5.41) is 2.98. The predicted molar refractivity (Wildman–Crippen MR) is 101 cm³/mol. The zero-order valence-electron chi connectivity index (χ0n) is 15.7. The molecule has 6 nitrogen and oxygen atoms in total. The van der Waals surface area contributed by atoms with E-state index in [1.165, 1.54) is 0 Å². The maximum absolute atomic E-state index is 12.9. The van der Waals surface area contributed by atoms with Crippen molar-refractivity contribution in [3.8, 4) is 0 Å². The molecule has 0 unspecified atom stereocenters. The number of carbonyl (C=O) groups is 2. The molecule has 0 radical (unpaired) electrons. The lowest BCUT2D eigenvalue weighted by atomic mass is 9.80. The number of benzene rings is 1. The fourth-order valence-corrected chi connectivity index (χ4v) is 4.48. The Bertz CT molecular complexity index is 654. The van der Waals surface area contributed by atoms with Gasteiger partial charge in [0.15, 0.2) is 5.79 Å². The first-order valence-corrected chi connectivity index (χ1v) is 10.1. The van der Waals surface area contributed by atoms with Gasteiger partial charge in [-0.05, 0) is 37.8 Å². The first-order valence-electron chi connectivity index (χ1n) is 10.1. The number of hydrogen-bond acceptors (Lipinski definition) is 4. The average Bonchev–Trinajstić information content (AvgIpc) is 3.17. The van der Waals surface area contributed by atoms with Crippen molar-refractivity contribution in [3.05, 3.63) is 30.3 Å². The van der Waals surface area contributed by atoms with E-state index in [-0.39, 0.29) is 23.7 Å². The number of amides is 2. The van der Waals surface area contributed by atoms with E-state index in [0.29, 0.717) is 26.3 Å². The average molecular weight is 372 g/mol. The van der Waals surface area contributed by atoms with E-state index in [1.54, 1.807) is 0 Å². The molecule has 1 N–H and O–H groups in total. The van der Waals surface area contributed by atoms with Crippen molar-refractivity contribution in [2.45, 2.75) is 44.3 Å². The summed E-state index contributed by atoms with van der Waals surface area (Å²) in [7, 11) is 0. The molecule has 1 saturated carbocycles. The molecule has 3 aliphatic rings. The van der Waals surface area contributed by atoms with Gasteiger partial charge in [-0.15, -0.1) is 0 Å². The van der Waals surface area contributed by atoms with Crippen LogP contribution in [0.3, 0.4) is 0 Å². The van der Waals surface area contributed by atoms with Gasteiger partial charge in [-0.1, -0.05) is 18.2 Å². The second-order valence-electron chi connectivity index (χ2n) is 7.84. The van der Waals surface area contributed by atoms with Gasteiger partial charge in [0, 0.05) is 43.5 Å². The van der Waals surface area contributed by atoms with Crippen molar-refractivity contribution in [1.29, 1.82) is 0 Å². The van der Waals surface area contributed by atoms with Crippen LogP contribution in [0.5, 0.6) is 0 Å². The smallest absolute Gasteiger partial charge is 0.227 e. The molecule has 1 spiro atoms. The fourth-order valence-electron chi connectivity index (χ4n) is 4.48. The number of nitrogens with zero attached hydrogens (tertiary/aromatic N) is 1. The number of anilines is 1. The van der Waals surface area contributed by atoms with E-state index in [4.69, 9.17) is 9.47 Å². The molecule has 0 atom stereocenters. The second kappa shape index (κ2) is 7.98. The number of likely N-dealkylation sites (tertiary alicyclic amines) is 1. The second-order valence-corrected chi connectivity index (χ2v) is 7.84. The van der Waals surface area contributed by atoms with Crippen LogP contribution in [0.25, 0.3) is 0 Å². The molecule has 27 heavy (non-hydrogen) atoms. The van der Waals surface area contributed by atoms with Crippen molar-refractivity contribution < 1.29 is 19.1 Å². The molecule has 1 aromatic carbocycles. The molecule has 2 aliphatic heterocycles. The summed E-state index contributed by atoms with van der Waals surface area (Å²) in [6.07, 6.45) is 4.65. The topological polar surface area (TPSA) is 67.9 Å². The van der Waals surface area contributed by atoms with Gasteiger partial charge in [0.1, 0.15) is 0 Å². The highest BCUT2D eigenvalue weighted by Gasteiger charge is 2.42. The van der Waals surface area contributed by atoms with Gasteiger partial charge in [-0.2, -0.15) is 0 Å². The highest BCUT2D eigenvalue weighted by Crippen LogP contribution is 2.35. The van der Waals surface area contributed by atoms with Crippen LogP contribution in [0.4, 0.5) is 5.69 Å². The Labute approximate surface area is 160 Å². The Hall–Kier alpha value is -1.92. The minimum Gasteiger partial charge on any atom is -0.347 e. The van der Waals surface area contributed by atoms with Gasteiger partial charge in [-0.3, -0.25) is 9.59 Å². The summed E-state index contributed by atoms with van der Waals surface area (Å²) >= 11 is 0. The molecule has 3 fully saturated rings. The van der Waals surface area contributed by atoms with Crippen LogP contribution in [-0.4, -0.2) is 48.8 Å². The molecule has 4 rings (SSSR count). The van der Waals surface area contributed by atoms with Gasteiger partial charge in [0.05, 0.1) is 13.2 Å². The molecule has 2 amide bonds. The van der Waals surface area contributed by atoms with E-state index < -0.39 is 5.79 Å². The van der Waals surface area contributed by atoms with Crippen LogP contribution in [0.1, 0.15) is 38.5 Å². The number of para-hydroxylation sites is 1. The molecule has 2 heterocycles. The molecule has 146 valence electrons. The van der Waals surface area contributed by atoms with Crippen LogP contribution >= 0.6 is 0 Å². The Balaban J connectivity index is 1.24. The van der Waals surface area contributed by atoms with Crippen LogP contribution < -0.4 is 5.32 Å². The number of rotatable bonds is 3. The van der Waals surface area contributed by atoms with Crippen molar-refractivity contribution >= 4 is 17.5 Å². The summed E-state index contributed by atoms with van der Waals surface area (Å²) in [6.45, 7) is 2.71. The summed E-state index contributed by atoms with van der Waals surface area (Å²) in [5.41, 5.74) is 0.833. The molecule has 1 aromatic rings. The van der Waals surface area contributed by atoms with Crippen molar-refractivity contribution in [2.75, 3.05) is 31.6 Å². The Morgan fingerprint density at radius 1 is 0.926 bits per heavy atom. The normalized spacial score (nSPS) is 27.5. The van der Waals surface area contributed by atoms with Crippen molar-refractivity contribution in [3.63, 3.8) is 0 Å². The minimum atomic E-state index is -0.441. The Morgan fingerprint density at radius 2 is 1.52 bits per heavy atom. The van der Waals surface area contributed by atoms with Crippen LogP contribution in [0, 0.1) is 11.8 Å². The van der Waals surface area contributed by atoms with Gasteiger partial charge >= 0.3 is 0 Å². The molecule has 0 bridgehead atoms. The van der Waals surface area contributed by atoms with Gasteiger partial charge in [0.25, 0.3) is 0 Å². The molecular weight excluding hydrogens is 344 g/mol. The number of nitrogens with one attached hydrogen (secondary N) is 1. The van der Waals surface area contributed by atoms with E-state index in [2.05, 4.69) is 5.32 Å². The first kappa shape index (κ1) is 18.4. The molecule has 6 heteroatoms. The summed E-state index contributed by atoms with van der Waals surface area (Å²) in [6, 6.07) is 9.55. The lowest BCUT2D eigenvalue weighted by Gasteiger charge is -2.39. The molecule has 1 aliphatic carbocycles. The monoisotopic (exact) mass is 372 g/mol. The van der Waals surface area contributed by atoms with Gasteiger partial charge < -0.3 is 19.7 Å². The lowest BCUT2D eigenvalue weighted by molar-refractivity contribution is -0.188. The highest BCUT2D eigenvalue weighted by atomic mass is 16.7. The standard InChI is InChI=1S/C21H28N2O4/c24-19(22-18-4-2-1-3-5-18)16-6-8-17(9-7-16)20(25)23-12-10-21(11-13-23)26-14-15-27-21/h1-5,16-17H,6-15H2,(H,22,24). The zero-order chi connectivity index (χ0) is 18.7. The third kappa shape index (κ3) is 4.17. The Morgan fingerprint density at radius 3 is 2.15 bits per heavy atom. The van der Waals surface area contributed by atoms with Gasteiger partial charge in [-0.25, -0.2) is 0 Å². The quantitative estimate of drug-likeness (QED) is 0.886. The SMILES string of the molecule is O=C(Nc1ccccc1)C1CCC(C(=O)N2CCC3(CC2)OCCO3)CC1. The largest absolute Gasteiger partial charge is 0.347 e. The van der Waals surface area contributed by atoms with Crippen molar-refractivity contribution in [2.24, 2.45) is 11.8 Å². The number of piperidine rings is 1. The number of hydrogen-bond donors (Lipinski definition) is 1. The van der Waals surface area contributed by atoms with E-state index in [1.807, 2.05) is 35.2 Å². The molecular formula is C21H28N2O4.